The normalized spacial score (nSPS) is 12.0. The molecule has 0 bridgehead atoms. The zero-order valence-corrected chi connectivity index (χ0v) is 14.5. The number of nitrogens with zero attached hydrogens (tertiary/aromatic N) is 3. The summed E-state index contributed by atoms with van der Waals surface area (Å²) in [5.41, 5.74) is 10.2. The van der Waals surface area contributed by atoms with Crippen LogP contribution in [-0.4, -0.2) is 22.3 Å². The number of guanidine groups is 1. The van der Waals surface area contributed by atoms with Gasteiger partial charge in [0.2, 0.25) is 0 Å². The Morgan fingerprint density at radius 3 is 2.61 bits per heavy atom. The molecule has 3 N–H and O–H groups in total. The van der Waals surface area contributed by atoms with E-state index < -0.39 is 0 Å². The Bertz CT molecular complexity index is 656. The Labute approximate surface area is 138 Å². The molecule has 0 unspecified atom stereocenters. The summed E-state index contributed by atoms with van der Waals surface area (Å²) >= 11 is 0. The van der Waals surface area contributed by atoms with Crippen molar-refractivity contribution in [3.8, 4) is 5.69 Å². The predicted octanol–water partition coefficient (Wildman–Crippen LogP) is 2.94. The highest BCUT2D eigenvalue weighted by molar-refractivity contribution is 5.77. The van der Waals surface area contributed by atoms with Crippen molar-refractivity contribution in [2.24, 2.45) is 16.6 Å². The Morgan fingerprint density at radius 2 is 1.96 bits per heavy atom. The maximum atomic E-state index is 5.94. The van der Waals surface area contributed by atoms with Gasteiger partial charge in [0.05, 0.1) is 17.9 Å². The van der Waals surface area contributed by atoms with E-state index in [9.17, 15) is 0 Å². The van der Waals surface area contributed by atoms with Gasteiger partial charge < -0.3 is 11.1 Å². The smallest absolute Gasteiger partial charge is 0.188 e. The molecular formula is C18H27N5. The van der Waals surface area contributed by atoms with Gasteiger partial charge in [-0.15, -0.1) is 0 Å². The number of para-hydroxylation sites is 1. The van der Waals surface area contributed by atoms with E-state index in [1.54, 1.807) is 0 Å². The predicted molar refractivity (Wildman–Crippen MR) is 95.8 cm³/mol. The Morgan fingerprint density at radius 1 is 1.26 bits per heavy atom. The van der Waals surface area contributed by atoms with Gasteiger partial charge in [-0.1, -0.05) is 32.0 Å². The molecule has 0 spiro atoms. The summed E-state index contributed by atoms with van der Waals surface area (Å²) in [5, 5.41) is 7.79. The van der Waals surface area contributed by atoms with Crippen molar-refractivity contribution in [1.82, 2.24) is 15.1 Å². The lowest BCUT2D eigenvalue weighted by Gasteiger charge is -2.08. The summed E-state index contributed by atoms with van der Waals surface area (Å²) in [5.74, 6) is 1.15. The SMILES string of the molecule is Cc1nn(-c2ccccc2)c(C)c1CN=C(N)NCCC(C)C. The van der Waals surface area contributed by atoms with Crippen LogP contribution in [-0.2, 0) is 6.54 Å². The molecule has 5 heteroatoms. The molecule has 1 heterocycles. The average molecular weight is 313 g/mol. The van der Waals surface area contributed by atoms with E-state index in [0.29, 0.717) is 18.4 Å². The molecule has 2 aromatic rings. The van der Waals surface area contributed by atoms with Crippen LogP contribution in [0.4, 0.5) is 0 Å². The van der Waals surface area contributed by atoms with Crippen LogP contribution in [0, 0.1) is 19.8 Å². The zero-order valence-electron chi connectivity index (χ0n) is 14.5. The standard InChI is InChI=1S/C18H27N5/c1-13(2)10-11-20-18(19)21-12-17-14(3)22-23(15(17)4)16-8-6-5-7-9-16/h5-9,13H,10-12H2,1-4H3,(H3,19,20,21). The van der Waals surface area contributed by atoms with Gasteiger partial charge in [0.1, 0.15) is 0 Å². The fraction of sp³-hybridized carbons (Fsp3) is 0.444. The van der Waals surface area contributed by atoms with E-state index in [0.717, 1.165) is 35.6 Å². The van der Waals surface area contributed by atoms with E-state index in [2.05, 4.69) is 36.2 Å². The van der Waals surface area contributed by atoms with Crippen molar-refractivity contribution in [3.05, 3.63) is 47.3 Å². The van der Waals surface area contributed by atoms with Gasteiger partial charge in [0, 0.05) is 17.8 Å². The van der Waals surface area contributed by atoms with Gasteiger partial charge in [-0.05, 0) is 38.3 Å². The van der Waals surface area contributed by atoms with Crippen molar-refractivity contribution in [1.29, 1.82) is 0 Å². The molecule has 0 saturated carbocycles. The number of nitrogens with two attached hydrogens (primary N) is 1. The molecule has 0 radical (unpaired) electrons. The average Bonchev–Trinajstić information content (AvgIpc) is 2.80. The van der Waals surface area contributed by atoms with Crippen molar-refractivity contribution in [2.45, 2.75) is 40.7 Å². The van der Waals surface area contributed by atoms with E-state index in [1.165, 1.54) is 0 Å². The van der Waals surface area contributed by atoms with E-state index in [-0.39, 0.29) is 0 Å². The molecule has 0 aliphatic heterocycles. The quantitative estimate of drug-likeness (QED) is 0.636. The van der Waals surface area contributed by atoms with Crippen molar-refractivity contribution in [3.63, 3.8) is 0 Å². The number of benzene rings is 1. The third kappa shape index (κ3) is 4.58. The van der Waals surface area contributed by atoms with Gasteiger partial charge >= 0.3 is 0 Å². The first-order chi connectivity index (χ1) is 11.0. The van der Waals surface area contributed by atoms with Crippen LogP contribution in [0.2, 0.25) is 0 Å². The third-order valence-electron chi connectivity index (χ3n) is 3.88. The highest BCUT2D eigenvalue weighted by Gasteiger charge is 2.12. The number of aryl methyl sites for hydroxylation is 1. The Hall–Kier alpha value is -2.30. The number of aliphatic imine (C=N–C) groups is 1. The Kier molecular flexibility index (Phi) is 5.79. The molecule has 0 fully saturated rings. The topological polar surface area (TPSA) is 68.2 Å². The molecule has 5 nitrogen and oxygen atoms in total. The van der Waals surface area contributed by atoms with Crippen LogP contribution < -0.4 is 11.1 Å². The number of hydrogen-bond donors (Lipinski definition) is 2. The molecule has 124 valence electrons. The van der Waals surface area contributed by atoms with Crippen LogP contribution in [0.5, 0.6) is 0 Å². The second-order valence-corrected chi connectivity index (χ2v) is 6.21. The molecule has 0 aliphatic carbocycles. The second kappa shape index (κ2) is 7.81. The first-order valence-electron chi connectivity index (χ1n) is 8.13. The lowest BCUT2D eigenvalue weighted by atomic mass is 10.1. The van der Waals surface area contributed by atoms with Crippen molar-refractivity contribution >= 4 is 5.96 Å². The first-order valence-corrected chi connectivity index (χ1v) is 8.13. The first kappa shape index (κ1) is 17.1. The Balaban J connectivity index is 2.08. The molecule has 0 amide bonds. The molecule has 0 atom stereocenters. The van der Waals surface area contributed by atoms with Crippen LogP contribution in [0.1, 0.15) is 37.2 Å². The summed E-state index contributed by atoms with van der Waals surface area (Å²) in [7, 11) is 0. The lowest BCUT2D eigenvalue weighted by molar-refractivity contribution is 0.576. The van der Waals surface area contributed by atoms with Crippen LogP contribution in [0.3, 0.4) is 0 Å². The summed E-state index contributed by atoms with van der Waals surface area (Å²) in [6.45, 7) is 9.87. The van der Waals surface area contributed by atoms with Crippen LogP contribution >= 0.6 is 0 Å². The van der Waals surface area contributed by atoms with Gasteiger partial charge in [-0.25, -0.2) is 9.67 Å². The molecule has 23 heavy (non-hydrogen) atoms. The fourth-order valence-corrected chi connectivity index (χ4v) is 2.43. The van der Waals surface area contributed by atoms with Gasteiger partial charge in [-0.3, -0.25) is 0 Å². The minimum Gasteiger partial charge on any atom is -0.370 e. The van der Waals surface area contributed by atoms with E-state index >= 15 is 0 Å². The molecular weight excluding hydrogens is 286 g/mol. The van der Waals surface area contributed by atoms with E-state index in [1.807, 2.05) is 41.9 Å². The molecule has 0 saturated heterocycles. The minimum atomic E-state index is 0.497. The maximum Gasteiger partial charge on any atom is 0.188 e. The number of rotatable bonds is 6. The zero-order chi connectivity index (χ0) is 16.8. The monoisotopic (exact) mass is 313 g/mol. The highest BCUT2D eigenvalue weighted by atomic mass is 15.3. The van der Waals surface area contributed by atoms with Gasteiger partial charge in [0.15, 0.2) is 5.96 Å². The minimum absolute atomic E-state index is 0.497. The largest absolute Gasteiger partial charge is 0.370 e. The van der Waals surface area contributed by atoms with Crippen LogP contribution in [0.25, 0.3) is 5.69 Å². The van der Waals surface area contributed by atoms with Gasteiger partial charge in [-0.2, -0.15) is 5.10 Å². The summed E-state index contributed by atoms with van der Waals surface area (Å²) in [4.78, 5) is 4.45. The lowest BCUT2D eigenvalue weighted by Crippen LogP contribution is -2.32. The van der Waals surface area contributed by atoms with Crippen molar-refractivity contribution in [2.75, 3.05) is 6.54 Å². The van der Waals surface area contributed by atoms with Crippen molar-refractivity contribution < 1.29 is 0 Å². The maximum absolute atomic E-state index is 5.94. The summed E-state index contributed by atoms with van der Waals surface area (Å²) in [6.07, 6.45) is 1.08. The third-order valence-corrected chi connectivity index (χ3v) is 3.88. The second-order valence-electron chi connectivity index (χ2n) is 6.21. The molecule has 2 rings (SSSR count). The van der Waals surface area contributed by atoms with Gasteiger partial charge in [0.25, 0.3) is 0 Å². The highest BCUT2D eigenvalue weighted by Crippen LogP contribution is 2.18. The fourth-order valence-electron chi connectivity index (χ4n) is 2.43. The number of hydrogen-bond acceptors (Lipinski definition) is 2. The molecule has 1 aromatic carbocycles. The summed E-state index contributed by atoms with van der Waals surface area (Å²) in [6, 6.07) is 10.1. The molecule has 0 aliphatic rings. The summed E-state index contributed by atoms with van der Waals surface area (Å²) < 4.78 is 1.96. The number of nitrogens with one attached hydrogen (secondary N) is 1. The number of aromatic nitrogens is 2. The molecule has 1 aromatic heterocycles. The van der Waals surface area contributed by atoms with E-state index in [4.69, 9.17) is 5.73 Å². The van der Waals surface area contributed by atoms with Crippen LogP contribution in [0.15, 0.2) is 35.3 Å².